The van der Waals surface area contributed by atoms with Gasteiger partial charge in [-0.15, -0.1) is 0 Å². The third-order valence-corrected chi connectivity index (χ3v) is 6.99. The summed E-state index contributed by atoms with van der Waals surface area (Å²) in [6, 6.07) is -0.0224. The van der Waals surface area contributed by atoms with E-state index in [1.54, 1.807) is 25.2 Å². The molecule has 2 aliphatic rings. The lowest BCUT2D eigenvalue weighted by Crippen LogP contribution is -2.40. The van der Waals surface area contributed by atoms with Gasteiger partial charge >= 0.3 is 6.18 Å². The van der Waals surface area contributed by atoms with Crippen LogP contribution in [0.3, 0.4) is 0 Å². The van der Waals surface area contributed by atoms with Crippen LogP contribution in [-0.2, 0) is 9.53 Å². The van der Waals surface area contributed by atoms with Crippen LogP contribution in [0.2, 0.25) is 0 Å². The van der Waals surface area contributed by atoms with Gasteiger partial charge in [0.25, 0.3) is 0 Å². The van der Waals surface area contributed by atoms with Crippen molar-refractivity contribution >= 4 is 36.2 Å². The smallest absolute Gasteiger partial charge is 0.422 e. The highest BCUT2D eigenvalue weighted by molar-refractivity contribution is 7.98. The molecule has 15 heteroatoms. The van der Waals surface area contributed by atoms with E-state index in [1.807, 2.05) is 6.92 Å². The molecule has 236 valence electrons. The average molecular weight is 617 g/mol. The summed E-state index contributed by atoms with van der Waals surface area (Å²) in [5.41, 5.74) is 0.895. The largest absolute Gasteiger partial charge is 0.474 e. The lowest BCUT2D eigenvalue weighted by atomic mass is 10.2. The maximum Gasteiger partial charge on any atom is 0.422 e. The van der Waals surface area contributed by atoms with Crippen molar-refractivity contribution in [3.8, 4) is 0 Å². The molecule has 2 saturated carbocycles. The number of alkyl halides is 3. The predicted molar refractivity (Wildman–Crippen MR) is 162 cm³/mol. The summed E-state index contributed by atoms with van der Waals surface area (Å²) in [5, 5.41) is 23.3. The van der Waals surface area contributed by atoms with Gasteiger partial charge < -0.3 is 25.8 Å². The Hall–Kier alpha value is -2.88. The minimum Gasteiger partial charge on any atom is -0.474 e. The van der Waals surface area contributed by atoms with E-state index in [1.165, 1.54) is 19.0 Å². The van der Waals surface area contributed by atoms with Gasteiger partial charge in [-0.1, -0.05) is 18.7 Å². The highest BCUT2D eigenvalue weighted by Gasteiger charge is 2.28. The molecule has 0 aromatic heterocycles. The van der Waals surface area contributed by atoms with Crippen LogP contribution in [0.1, 0.15) is 52.4 Å². The van der Waals surface area contributed by atoms with Gasteiger partial charge in [0.1, 0.15) is 6.23 Å². The fraction of sp³-hybridized carbons (Fsp3) is 0.630. The van der Waals surface area contributed by atoms with Crippen LogP contribution in [0.5, 0.6) is 0 Å². The highest BCUT2D eigenvalue weighted by atomic mass is 32.2. The molecule has 2 aliphatic carbocycles. The molecule has 11 nitrogen and oxygen atoms in total. The second kappa shape index (κ2) is 18.6. The van der Waals surface area contributed by atoms with E-state index in [9.17, 15) is 23.1 Å². The number of aliphatic imine (C=N–C) groups is 3. The molecule has 2 atom stereocenters. The molecule has 2 fully saturated rings. The molecular weight excluding hydrogens is 573 g/mol. The highest BCUT2D eigenvalue weighted by Crippen LogP contribution is 2.31. The molecule has 0 aliphatic heterocycles. The Bertz CT molecular complexity index is 1020. The quantitative estimate of drug-likeness (QED) is 0.0366. The van der Waals surface area contributed by atoms with Gasteiger partial charge in [0.2, 0.25) is 17.8 Å². The van der Waals surface area contributed by atoms with Gasteiger partial charge in [0, 0.05) is 24.0 Å². The Kier molecular flexibility index (Phi) is 15.7. The number of carbonyl (C=O) groups excluding carboxylic acids is 1. The Morgan fingerprint density at radius 3 is 2.43 bits per heavy atom. The SMILES string of the molecule is C=C(/C=C\C(=C/C)C(O)NCCCCNC(C)C(=O)NSC1CC1)NC(=N/C(=NC)NC1CC1)/N=C/OCC(F)(F)F. The second-order valence-electron chi connectivity index (χ2n) is 9.86. The monoisotopic (exact) mass is 616 g/mol. The number of ether oxygens (including phenoxy) is 1. The summed E-state index contributed by atoms with van der Waals surface area (Å²) in [4.78, 5) is 24.1. The number of aliphatic hydroxyl groups is 1. The zero-order valence-electron chi connectivity index (χ0n) is 24.3. The Labute approximate surface area is 249 Å². The number of hydrogen-bond acceptors (Lipinski definition) is 7. The summed E-state index contributed by atoms with van der Waals surface area (Å²) in [6.45, 7) is 7.24. The third-order valence-electron chi connectivity index (χ3n) is 5.86. The van der Waals surface area contributed by atoms with Crippen molar-refractivity contribution in [3.05, 3.63) is 36.1 Å². The number of amides is 1. The fourth-order valence-corrected chi connectivity index (χ4v) is 3.96. The molecular formula is C27H43F3N8O3S. The molecule has 0 aromatic carbocycles. The maximum absolute atomic E-state index is 12.4. The van der Waals surface area contributed by atoms with E-state index < -0.39 is 19.0 Å². The molecule has 0 bridgehead atoms. The fourth-order valence-electron chi connectivity index (χ4n) is 3.13. The lowest BCUT2D eigenvalue weighted by Gasteiger charge is -2.15. The number of allylic oxidation sites excluding steroid dienone is 2. The standard InChI is InChI=1S/C27H43F3N8O3S/c1-5-20(24(40)33-15-7-6-14-32-19(3)23(39)38-42-22-12-13-22)9-8-18(2)35-26(34-17-41-16-27(28,29)30)37-25(31-4)36-21-10-11-21/h5,8-9,17,19,21-22,24,32-33,40H,2,6-7,10-16H2,1,3-4H3,(H,38,39)(H2,31,35,36,37)/b9-8-,20-5+,34-17+. The number of aliphatic hydroxyl groups excluding tert-OH is 1. The molecule has 6 N–H and O–H groups in total. The van der Waals surface area contributed by atoms with Crippen LogP contribution in [0.4, 0.5) is 13.2 Å². The first kappa shape index (κ1) is 35.3. The summed E-state index contributed by atoms with van der Waals surface area (Å²) in [7, 11) is 1.53. The van der Waals surface area contributed by atoms with E-state index in [-0.39, 0.29) is 29.9 Å². The molecule has 42 heavy (non-hydrogen) atoms. The Balaban J connectivity index is 1.77. The van der Waals surface area contributed by atoms with E-state index >= 15 is 0 Å². The van der Waals surface area contributed by atoms with Crippen molar-refractivity contribution < 1.29 is 27.8 Å². The lowest BCUT2D eigenvalue weighted by molar-refractivity contribution is -0.155. The van der Waals surface area contributed by atoms with Crippen LogP contribution in [0, 0.1) is 0 Å². The number of guanidine groups is 2. The molecule has 0 spiro atoms. The first-order valence-corrected chi connectivity index (χ1v) is 14.8. The molecule has 0 aromatic rings. The van der Waals surface area contributed by atoms with Crippen LogP contribution >= 0.6 is 11.9 Å². The van der Waals surface area contributed by atoms with Crippen LogP contribution in [0.15, 0.2) is 51.1 Å². The summed E-state index contributed by atoms with van der Waals surface area (Å²) >= 11 is 1.50. The van der Waals surface area contributed by atoms with Crippen LogP contribution < -0.4 is 26.0 Å². The third kappa shape index (κ3) is 16.5. The van der Waals surface area contributed by atoms with Crippen molar-refractivity contribution in [2.45, 2.75) is 82.1 Å². The van der Waals surface area contributed by atoms with Crippen molar-refractivity contribution in [1.29, 1.82) is 0 Å². The second-order valence-corrected chi connectivity index (χ2v) is 11.0. The van der Waals surface area contributed by atoms with E-state index in [0.29, 0.717) is 36.0 Å². The van der Waals surface area contributed by atoms with Crippen LogP contribution in [-0.4, -0.2) is 85.8 Å². The van der Waals surface area contributed by atoms with Crippen molar-refractivity contribution in [2.24, 2.45) is 15.0 Å². The maximum atomic E-state index is 12.4. The van der Waals surface area contributed by atoms with Gasteiger partial charge in [-0.25, -0.2) is 0 Å². The van der Waals surface area contributed by atoms with Gasteiger partial charge in [-0.3, -0.25) is 19.8 Å². The van der Waals surface area contributed by atoms with Gasteiger partial charge in [0.05, 0.1) is 6.04 Å². The summed E-state index contributed by atoms with van der Waals surface area (Å²) in [6.07, 6.45) is 6.07. The zero-order chi connectivity index (χ0) is 31.0. The van der Waals surface area contributed by atoms with Crippen LogP contribution in [0.25, 0.3) is 0 Å². The van der Waals surface area contributed by atoms with E-state index in [2.05, 4.69) is 52.3 Å². The number of nitrogens with zero attached hydrogens (tertiary/aromatic N) is 3. The minimum absolute atomic E-state index is 0.0186. The van der Waals surface area contributed by atoms with Crippen molar-refractivity contribution in [1.82, 2.24) is 26.0 Å². The Morgan fingerprint density at radius 2 is 1.83 bits per heavy atom. The van der Waals surface area contributed by atoms with Gasteiger partial charge in [0.15, 0.2) is 13.0 Å². The topological polar surface area (TPSA) is 144 Å². The van der Waals surface area contributed by atoms with E-state index in [4.69, 9.17) is 0 Å². The number of carbonyl (C=O) groups is 1. The first-order chi connectivity index (χ1) is 20.0. The molecule has 2 unspecified atom stereocenters. The average Bonchev–Trinajstić information content (AvgIpc) is 3.87. The molecule has 0 radical (unpaired) electrons. The summed E-state index contributed by atoms with van der Waals surface area (Å²) in [5.74, 6) is 0.164. The Morgan fingerprint density at radius 1 is 1.14 bits per heavy atom. The number of unbranched alkanes of at least 4 members (excludes halogenated alkanes) is 1. The minimum atomic E-state index is -4.49. The normalized spacial score (nSPS) is 18.3. The number of halogens is 3. The predicted octanol–water partition coefficient (Wildman–Crippen LogP) is 2.89. The van der Waals surface area contributed by atoms with E-state index in [0.717, 1.165) is 38.5 Å². The number of rotatable bonds is 17. The van der Waals surface area contributed by atoms with Crippen molar-refractivity contribution in [2.75, 3.05) is 26.7 Å². The summed E-state index contributed by atoms with van der Waals surface area (Å²) < 4.78 is 44.5. The van der Waals surface area contributed by atoms with Gasteiger partial charge in [-0.2, -0.15) is 23.2 Å². The first-order valence-electron chi connectivity index (χ1n) is 13.9. The molecule has 0 saturated heterocycles. The number of nitrogens with one attached hydrogen (secondary N) is 5. The van der Waals surface area contributed by atoms with Crippen molar-refractivity contribution in [3.63, 3.8) is 0 Å². The molecule has 1 amide bonds. The van der Waals surface area contributed by atoms with Gasteiger partial charge in [-0.05, 0) is 89.1 Å². The zero-order valence-corrected chi connectivity index (χ0v) is 25.2. The molecule has 2 rings (SSSR count). The number of hydrogen-bond donors (Lipinski definition) is 6. The molecule has 0 heterocycles.